The second-order valence-corrected chi connectivity index (χ2v) is 4.66. The van der Waals surface area contributed by atoms with Gasteiger partial charge in [0.25, 0.3) is 0 Å². The molecule has 100 valence electrons. The van der Waals surface area contributed by atoms with Crippen molar-refractivity contribution in [3.05, 3.63) is 59.5 Å². The van der Waals surface area contributed by atoms with E-state index in [1.165, 1.54) is 6.20 Å². The Balaban J connectivity index is 2.10. The topological polar surface area (TPSA) is 55.2 Å². The van der Waals surface area contributed by atoms with Crippen LogP contribution < -0.4 is 4.74 Å². The minimum absolute atomic E-state index is 0.144. The Labute approximate surface area is 120 Å². The molecule has 5 heteroatoms. The van der Waals surface area contributed by atoms with Crippen molar-refractivity contribution < 1.29 is 9.84 Å². The molecule has 0 unspecified atom stereocenters. The number of hydrogen-bond donors (Lipinski definition) is 1. The first kappa shape index (κ1) is 12.8. The molecule has 0 fully saturated rings. The number of aliphatic hydroxyl groups excluding tert-OH is 1. The van der Waals surface area contributed by atoms with Crippen molar-refractivity contribution in [2.75, 3.05) is 0 Å². The molecule has 0 amide bonds. The normalized spacial score (nSPS) is 10.7. The molecular formula is C15H11ClN2O2. The lowest BCUT2D eigenvalue weighted by Gasteiger charge is -2.10. The monoisotopic (exact) mass is 286 g/mol. The molecule has 4 nitrogen and oxygen atoms in total. The Morgan fingerprint density at radius 3 is 2.80 bits per heavy atom. The molecular weight excluding hydrogens is 276 g/mol. The average Bonchev–Trinajstić information content (AvgIpc) is 2.47. The van der Waals surface area contributed by atoms with E-state index in [4.69, 9.17) is 16.3 Å². The number of hydrogen-bond acceptors (Lipinski definition) is 4. The van der Waals surface area contributed by atoms with Gasteiger partial charge < -0.3 is 9.84 Å². The van der Waals surface area contributed by atoms with Gasteiger partial charge in [-0.1, -0.05) is 23.7 Å². The fraction of sp³-hybridized carbons (Fsp3) is 0.0667. The van der Waals surface area contributed by atoms with Crippen LogP contribution in [-0.2, 0) is 6.61 Å². The van der Waals surface area contributed by atoms with E-state index in [0.29, 0.717) is 22.2 Å². The maximum absolute atomic E-state index is 9.28. The van der Waals surface area contributed by atoms with Crippen LogP contribution in [0, 0.1) is 0 Å². The van der Waals surface area contributed by atoms with E-state index in [1.54, 1.807) is 18.3 Å². The van der Waals surface area contributed by atoms with Crippen LogP contribution in [0.2, 0.25) is 5.02 Å². The smallest absolute Gasteiger partial charge is 0.147 e. The van der Waals surface area contributed by atoms with Crippen molar-refractivity contribution in [1.29, 1.82) is 0 Å². The minimum Gasteiger partial charge on any atom is -0.455 e. The highest BCUT2D eigenvalue weighted by molar-refractivity contribution is 6.30. The highest BCUT2D eigenvalue weighted by Crippen LogP contribution is 2.30. The van der Waals surface area contributed by atoms with Crippen LogP contribution in [0.3, 0.4) is 0 Å². The van der Waals surface area contributed by atoms with Crippen LogP contribution in [0.15, 0.2) is 48.8 Å². The van der Waals surface area contributed by atoms with Crippen LogP contribution in [0.25, 0.3) is 10.9 Å². The summed E-state index contributed by atoms with van der Waals surface area (Å²) in [5.74, 6) is 1.15. The summed E-state index contributed by atoms with van der Waals surface area (Å²) in [6.45, 7) is -0.144. The maximum Gasteiger partial charge on any atom is 0.147 e. The minimum atomic E-state index is -0.144. The van der Waals surface area contributed by atoms with Crippen molar-refractivity contribution in [3.63, 3.8) is 0 Å². The summed E-state index contributed by atoms with van der Waals surface area (Å²) in [6.07, 6.45) is 3.12. The van der Waals surface area contributed by atoms with Crippen molar-refractivity contribution in [1.82, 2.24) is 9.97 Å². The van der Waals surface area contributed by atoms with Gasteiger partial charge >= 0.3 is 0 Å². The number of halogens is 1. The van der Waals surface area contributed by atoms with Crippen LogP contribution in [0.1, 0.15) is 5.69 Å². The predicted molar refractivity (Wildman–Crippen MR) is 77.0 cm³/mol. The van der Waals surface area contributed by atoms with Gasteiger partial charge in [-0.05, 0) is 12.1 Å². The van der Waals surface area contributed by atoms with E-state index in [9.17, 15) is 5.11 Å². The first-order chi connectivity index (χ1) is 9.76. The molecule has 2 heterocycles. The molecule has 1 N–H and O–H groups in total. The Kier molecular flexibility index (Phi) is 3.50. The molecule has 3 aromatic rings. The third-order valence-electron chi connectivity index (χ3n) is 2.80. The van der Waals surface area contributed by atoms with Gasteiger partial charge in [0, 0.05) is 23.7 Å². The number of aliphatic hydroxyl groups is 1. The SMILES string of the molecule is OCc1cc(Oc2cncc(Cl)c2)c2ccccc2n1. The fourth-order valence-corrected chi connectivity index (χ4v) is 2.10. The van der Waals surface area contributed by atoms with Gasteiger partial charge in [-0.15, -0.1) is 0 Å². The number of pyridine rings is 2. The van der Waals surface area contributed by atoms with E-state index >= 15 is 0 Å². The van der Waals surface area contributed by atoms with E-state index in [-0.39, 0.29) is 6.61 Å². The summed E-state index contributed by atoms with van der Waals surface area (Å²) in [5.41, 5.74) is 1.32. The van der Waals surface area contributed by atoms with Gasteiger partial charge in [-0.2, -0.15) is 0 Å². The summed E-state index contributed by atoms with van der Waals surface area (Å²) in [6, 6.07) is 11.0. The van der Waals surface area contributed by atoms with Gasteiger partial charge in [0.05, 0.1) is 29.0 Å². The zero-order valence-corrected chi connectivity index (χ0v) is 11.2. The fourth-order valence-electron chi connectivity index (χ4n) is 1.94. The largest absolute Gasteiger partial charge is 0.455 e. The lowest BCUT2D eigenvalue weighted by atomic mass is 10.2. The Bertz CT molecular complexity index is 762. The molecule has 0 bridgehead atoms. The van der Waals surface area contributed by atoms with E-state index in [2.05, 4.69) is 9.97 Å². The number of ether oxygens (including phenoxy) is 1. The Morgan fingerprint density at radius 1 is 1.15 bits per heavy atom. The summed E-state index contributed by atoms with van der Waals surface area (Å²) in [5, 5.41) is 10.6. The highest BCUT2D eigenvalue weighted by Gasteiger charge is 2.08. The highest BCUT2D eigenvalue weighted by atomic mass is 35.5. The van der Waals surface area contributed by atoms with Crippen LogP contribution in [-0.4, -0.2) is 15.1 Å². The third-order valence-corrected chi connectivity index (χ3v) is 3.01. The van der Waals surface area contributed by atoms with Gasteiger partial charge in [-0.3, -0.25) is 9.97 Å². The average molecular weight is 287 g/mol. The first-order valence-corrected chi connectivity index (χ1v) is 6.42. The van der Waals surface area contributed by atoms with E-state index < -0.39 is 0 Å². The summed E-state index contributed by atoms with van der Waals surface area (Å²) < 4.78 is 5.82. The molecule has 1 aromatic carbocycles. The molecule has 0 radical (unpaired) electrons. The lowest BCUT2D eigenvalue weighted by molar-refractivity contribution is 0.276. The molecule has 20 heavy (non-hydrogen) atoms. The quantitative estimate of drug-likeness (QED) is 0.800. The van der Waals surface area contributed by atoms with Crippen LogP contribution >= 0.6 is 11.6 Å². The van der Waals surface area contributed by atoms with Gasteiger partial charge in [0.15, 0.2) is 0 Å². The summed E-state index contributed by atoms with van der Waals surface area (Å²) in [7, 11) is 0. The molecule has 0 saturated heterocycles. The summed E-state index contributed by atoms with van der Waals surface area (Å²) in [4.78, 5) is 8.32. The molecule has 0 aliphatic rings. The third kappa shape index (κ3) is 2.57. The first-order valence-electron chi connectivity index (χ1n) is 6.04. The second kappa shape index (κ2) is 5.45. The van der Waals surface area contributed by atoms with Gasteiger partial charge in [-0.25, -0.2) is 0 Å². The van der Waals surface area contributed by atoms with Crippen LogP contribution in [0.5, 0.6) is 11.5 Å². The molecule has 0 atom stereocenters. The number of fused-ring (bicyclic) bond motifs is 1. The Morgan fingerprint density at radius 2 is 2.00 bits per heavy atom. The molecule has 2 aromatic heterocycles. The second-order valence-electron chi connectivity index (χ2n) is 4.23. The predicted octanol–water partition coefficient (Wildman–Crippen LogP) is 3.57. The van der Waals surface area contributed by atoms with Crippen LogP contribution in [0.4, 0.5) is 0 Å². The molecule has 0 aliphatic carbocycles. The number of nitrogens with zero attached hydrogens (tertiary/aromatic N) is 2. The van der Waals surface area contributed by atoms with Gasteiger partial charge in [0.1, 0.15) is 11.5 Å². The summed E-state index contributed by atoms with van der Waals surface area (Å²) >= 11 is 5.89. The zero-order valence-electron chi connectivity index (χ0n) is 10.5. The number of benzene rings is 1. The standard InChI is InChI=1S/C15H11ClN2O2/c16-10-5-12(8-17-7-10)20-15-6-11(9-19)18-14-4-2-1-3-13(14)15/h1-8,19H,9H2. The van der Waals surface area contributed by atoms with E-state index in [1.807, 2.05) is 24.3 Å². The molecule has 0 spiro atoms. The van der Waals surface area contributed by atoms with Crippen molar-refractivity contribution in [2.24, 2.45) is 0 Å². The molecule has 0 aliphatic heterocycles. The number of rotatable bonds is 3. The van der Waals surface area contributed by atoms with Crippen molar-refractivity contribution >= 4 is 22.5 Å². The maximum atomic E-state index is 9.28. The lowest BCUT2D eigenvalue weighted by Crippen LogP contribution is -1.94. The van der Waals surface area contributed by atoms with E-state index in [0.717, 1.165) is 10.9 Å². The zero-order chi connectivity index (χ0) is 13.9. The van der Waals surface area contributed by atoms with Crippen molar-refractivity contribution in [2.45, 2.75) is 6.61 Å². The Hall–Kier alpha value is -2.17. The molecule has 0 saturated carbocycles. The molecule has 3 rings (SSSR count). The van der Waals surface area contributed by atoms with Crippen molar-refractivity contribution in [3.8, 4) is 11.5 Å². The van der Waals surface area contributed by atoms with Gasteiger partial charge in [0.2, 0.25) is 0 Å². The number of para-hydroxylation sites is 1. The number of aromatic nitrogens is 2.